The molecule has 1 amide bonds. The van der Waals surface area contributed by atoms with Crippen molar-refractivity contribution in [2.75, 3.05) is 13.1 Å². The summed E-state index contributed by atoms with van der Waals surface area (Å²) in [5.74, 6) is 1.58. The van der Waals surface area contributed by atoms with Crippen molar-refractivity contribution in [2.45, 2.75) is 57.9 Å². The smallest absolute Gasteiger partial charge is 0.222 e. The van der Waals surface area contributed by atoms with E-state index in [1.807, 2.05) is 0 Å². The SMILES string of the molecule is CC1CCCN(C(=O)C[C@@H]2CCC[C@H]2N)CC1.Cl. The Hall–Kier alpha value is -0.280. The Morgan fingerprint density at radius 2 is 1.94 bits per heavy atom. The van der Waals surface area contributed by atoms with Gasteiger partial charge in [0.05, 0.1) is 0 Å². The summed E-state index contributed by atoms with van der Waals surface area (Å²) in [5.41, 5.74) is 6.04. The van der Waals surface area contributed by atoms with Crippen LogP contribution in [0, 0.1) is 11.8 Å². The molecule has 106 valence electrons. The molecule has 1 aliphatic heterocycles. The van der Waals surface area contributed by atoms with Crippen LogP contribution in [-0.2, 0) is 4.79 Å². The van der Waals surface area contributed by atoms with Gasteiger partial charge in [-0.1, -0.05) is 13.3 Å². The summed E-state index contributed by atoms with van der Waals surface area (Å²) >= 11 is 0. The van der Waals surface area contributed by atoms with Gasteiger partial charge in [-0.2, -0.15) is 0 Å². The highest BCUT2D eigenvalue weighted by Crippen LogP contribution is 2.28. The van der Waals surface area contributed by atoms with Gasteiger partial charge in [0.1, 0.15) is 0 Å². The number of halogens is 1. The largest absolute Gasteiger partial charge is 0.343 e. The molecule has 1 saturated heterocycles. The number of hydrogen-bond donors (Lipinski definition) is 1. The summed E-state index contributed by atoms with van der Waals surface area (Å²) in [5, 5.41) is 0. The molecular formula is C14H27ClN2O. The molecule has 1 saturated carbocycles. The summed E-state index contributed by atoms with van der Waals surface area (Å²) in [6, 6.07) is 0.268. The third-order valence-corrected chi connectivity index (χ3v) is 4.52. The van der Waals surface area contributed by atoms with E-state index in [2.05, 4.69) is 11.8 Å². The number of likely N-dealkylation sites (tertiary alicyclic amines) is 1. The molecule has 0 aromatic rings. The lowest BCUT2D eigenvalue weighted by Gasteiger charge is -2.23. The van der Waals surface area contributed by atoms with E-state index in [-0.39, 0.29) is 18.4 Å². The topological polar surface area (TPSA) is 46.3 Å². The van der Waals surface area contributed by atoms with Crippen LogP contribution in [0.15, 0.2) is 0 Å². The molecule has 0 spiro atoms. The number of rotatable bonds is 2. The molecule has 0 radical (unpaired) electrons. The highest BCUT2D eigenvalue weighted by Gasteiger charge is 2.28. The fourth-order valence-electron chi connectivity index (χ4n) is 3.18. The van der Waals surface area contributed by atoms with E-state index >= 15 is 0 Å². The number of carbonyl (C=O) groups is 1. The van der Waals surface area contributed by atoms with Crippen molar-refractivity contribution in [3.8, 4) is 0 Å². The minimum absolute atomic E-state index is 0. The van der Waals surface area contributed by atoms with Gasteiger partial charge >= 0.3 is 0 Å². The number of nitrogens with zero attached hydrogens (tertiary/aromatic N) is 1. The van der Waals surface area contributed by atoms with Crippen LogP contribution >= 0.6 is 12.4 Å². The minimum atomic E-state index is 0. The molecule has 2 fully saturated rings. The summed E-state index contributed by atoms with van der Waals surface area (Å²) in [6.45, 7) is 4.22. The van der Waals surface area contributed by atoms with Crippen molar-refractivity contribution in [2.24, 2.45) is 17.6 Å². The summed E-state index contributed by atoms with van der Waals surface area (Å²) < 4.78 is 0. The Kier molecular flexibility index (Phi) is 6.44. The first-order chi connectivity index (χ1) is 8.16. The Morgan fingerprint density at radius 1 is 1.17 bits per heavy atom. The van der Waals surface area contributed by atoms with Crippen molar-refractivity contribution in [3.63, 3.8) is 0 Å². The molecule has 1 unspecified atom stereocenters. The van der Waals surface area contributed by atoms with Gasteiger partial charge in [-0.05, 0) is 43.9 Å². The van der Waals surface area contributed by atoms with Gasteiger partial charge in [0.2, 0.25) is 5.91 Å². The first-order valence-electron chi connectivity index (χ1n) is 7.20. The molecule has 1 aliphatic carbocycles. The van der Waals surface area contributed by atoms with E-state index in [0.29, 0.717) is 18.2 Å². The Labute approximate surface area is 117 Å². The van der Waals surface area contributed by atoms with Gasteiger partial charge in [0.15, 0.2) is 0 Å². The maximum atomic E-state index is 12.2. The van der Waals surface area contributed by atoms with E-state index in [9.17, 15) is 4.79 Å². The van der Waals surface area contributed by atoms with Crippen molar-refractivity contribution >= 4 is 18.3 Å². The maximum Gasteiger partial charge on any atom is 0.222 e. The zero-order valence-electron chi connectivity index (χ0n) is 11.4. The molecule has 0 bridgehead atoms. The summed E-state index contributed by atoms with van der Waals surface area (Å²) in [4.78, 5) is 14.3. The molecule has 2 N–H and O–H groups in total. The molecule has 1 heterocycles. The van der Waals surface area contributed by atoms with Gasteiger partial charge in [-0.3, -0.25) is 4.79 Å². The molecule has 3 nitrogen and oxygen atoms in total. The lowest BCUT2D eigenvalue weighted by atomic mass is 9.99. The average molecular weight is 275 g/mol. The van der Waals surface area contributed by atoms with Crippen molar-refractivity contribution in [3.05, 3.63) is 0 Å². The van der Waals surface area contributed by atoms with Crippen LogP contribution in [0.4, 0.5) is 0 Å². The predicted octanol–water partition coefficient (Wildman–Crippen LogP) is 2.57. The second-order valence-electron chi connectivity index (χ2n) is 5.98. The third-order valence-electron chi connectivity index (χ3n) is 4.52. The number of amides is 1. The lowest BCUT2D eigenvalue weighted by Crippen LogP contribution is -2.36. The van der Waals surface area contributed by atoms with E-state index in [1.54, 1.807) is 0 Å². The average Bonchev–Trinajstić information content (AvgIpc) is 2.57. The standard InChI is InChI=1S/C14H26N2O.ClH/c1-11-4-3-8-16(9-7-11)14(17)10-12-5-2-6-13(12)15;/h11-13H,2-10,15H2,1H3;1H/t11?,12-,13+;/m0./s1. The highest BCUT2D eigenvalue weighted by atomic mass is 35.5. The first-order valence-corrected chi connectivity index (χ1v) is 7.20. The molecule has 2 rings (SSSR count). The van der Waals surface area contributed by atoms with E-state index in [1.165, 1.54) is 25.7 Å². The number of nitrogens with two attached hydrogens (primary N) is 1. The van der Waals surface area contributed by atoms with Crippen LogP contribution in [0.1, 0.15) is 51.9 Å². The normalized spacial score (nSPS) is 32.8. The van der Waals surface area contributed by atoms with Crippen molar-refractivity contribution in [1.29, 1.82) is 0 Å². The van der Waals surface area contributed by atoms with E-state index in [4.69, 9.17) is 5.73 Å². The second-order valence-corrected chi connectivity index (χ2v) is 5.98. The Morgan fingerprint density at radius 3 is 2.61 bits per heavy atom. The van der Waals surface area contributed by atoms with Crippen LogP contribution in [0.3, 0.4) is 0 Å². The zero-order valence-corrected chi connectivity index (χ0v) is 12.3. The number of carbonyl (C=O) groups excluding carboxylic acids is 1. The molecule has 18 heavy (non-hydrogen) atoms. The second kappa shape index (κ2) is 7.34. The maximum absolute atomic E-state index is 12.2. The van der Waals surface area contributed by atoms with E-state index < -0.39 is 0 Å². The van der Waals surface area contributed by atoms with Gasteiger partial charge in [0, 0.05) is 25.6 Å². The molecule has 3 atom stereocenters. The third kappa shape index (κ3) is 4.13. The molecular weight excluding hydrogens is 248 g/mol. The van der Waals surface area contributed by atoms with Crippen molar-refractivity contribution in [1.82, 2.24) is 4.90 Å². The lowest BCUT2D eigenvalue weighted by molar-refractivity contribution is -0.132. The van der Waals surface area contributed by atoms with Crippen LogP contribution in [-0.4, -0.2) is 29.9 Å². The van der Waals surface area contributed by atoms with Crippen molar-refractivity contribution < 1.29 is 4.79 Å². The molecule has 4 heteroatoms. The fourth-order valence-corrected chi connectivity index (χ4v) is 3.18. The minimum Gasteiger partial charge on any atom is -0.343 e. The van der Waals surface area contributed by atoms with Crippen LogP contribution in [0.2, 0.25) is 0 Å². The van der Waals surface area contributed by atoms with E-state index in [0.717, 1.165) is 31.8 Å². The van der Waals surface area contributed by atoms with Crippen LogP contribution < -0.4 is 5.73 Å². The first kappa shape index (κ1) is 15.8. The predicted molar refractivity (Wildman–Crippen MR) is 76.8 cm³/mol. The highest BCUT2D eigenvalue weighted by molar-refractivity contribution is 5.85. The molecule has 0 aromatic heterocycles. The van der Waals surface area contributed by atoms with Gasteiger partial charge in [0.25, 0.3) is 0 Å². The Bertz CT molecular complexity index is 273. The molecule has 0 aromatic carbocycles. The van der Waals surface area contributed by atoms with Gasteiger partial charge in [-0.15, -0.1) is 12.4 Å². The monoisotopic (exact) mass is 274 g/mol. The molecule has 2 aliphatic rings. The quantitative estimate of drug-likeness (QED) is 0.841. The Balaban J connectivity index is 0.00000162. The summed E-state index contributed by atoms with van der Waals surface area (Å²) in [7, 11) is 0. The van der Waals surface area contributed by atoms with Crippen LogP contribution in [0.5, 0.6) is 0 Å². The number of hydrogen-bond acceptors (Lipinski definition) is 2. The fraction of sp³-hybridized carbons (Fsp3) is 0.929. The van der Waals surface area contributed by atoms with Gasteiger partial charge in [-0.25, -0.2) is 0 Å². The van der Waals surface area contributed by atoms with Crippen LogP contribution in [0.25, 0.3) is 0 Å². The summed E-state index contributed by atoms with van der Waals surface area (Å²) in [6.07, 6.45) is 7.76. The van der Waals surface area contributed by atoms with Gasteiger partial charge < -0.3 is 10.6 Å². The zero-order chi connectivity index (χ0) is 12.3.